The maximum absolute atomic E-state index is 3.95. The molecule has 0 aliphatic rings. The van der Waals surface area contributed by atoms with Gasteiger partial charge in [0.2, 0.25) is 0 Å². The normalized spacial score (nSPS) is 13.0. The molecule has 0 amide bonds. The highest BCUT2D eigenvalue weighted by molar-refractivity contribution is 9.10. The third kappa shape index (κ3) is 1.92. The minimum absolute atomic E-state index is 0.0133. The lowest BCUT2D eigenvalue weighted by molar-refractivity contribution is 0.602. The van der Waals surface area contributed by atoms with E-state index in [0.717, 1.165) is 15.2 Å². The molecule has 1 atom stereocenters. The summed E-state index contributed by atoms with van der Waals surface area (Å²) in [7, 11) is 3.73. The molecule has 8 heteroatoms. The Labute approximate surface area is 99.0 Å². The summed E-state index contributed by atoms with van der Waals surface area (Å²) in [4.78, 5) is 1.03. The Bertz CT molecular complexity index is 419. The van der Waals surface area contributed by atoms with Crippen molar-refractivity contribution < 1.29 is 0 Å². The van der Waals surface area contributed by atoms with Crippen LogP contribution in [-0.2, 0) is 7.05 Å². The smallest absolute Gasteiger partial charge is 0.153 e. The number of nitrogens with one attached hydrogen (secondary N) is 1. The fourth-order valence-corrected chi connectivity index (χ4v) is 2.54. The summed E-state index contributed by atoms with van der Waals surface area (Å²) < 4.78 is 6.31. The second-order valence-electron chi connectivity index (χ2n) is 2.93. The van der Waals surface area contributed by atoms with Gasteiger partial charge in [-0.1, -0.05) is 9.70 Å². The molecule has 0 saturated carbocycles. The van der Waals surface area contributed by atoms with Gasteiger partial charge in [0.1, 0.15) is 0 Å². The van der Waals surface area contributed by atoms with Crippen LogP contribution >= 0.6 is 27.5 Å². The Balaban J connectivity index is 2.44. The third-order valence-corrected chi connectivity index (χ3v) is 3.34. The molecule has 0 saturated heterocycles. The van der Waals surface area contributed by atoms with Crippen molar-refractivity contribution in [2.45, 2.75) is 6.04 Å². The second kappa shape index (κ2) is 4.33. The third-order valence-electron chi connectivity index (χ3n) is 2.05. The molecule has 2 aromatic heterocycles. The second-order valence-corrected chi connectivity index (χ2v) is 4.50. The van der Waals surface area contributed by atoms with E-state index < -0.39 is 0 Å². The van der Waals surface area contributed by atoms with E-state index in [2.05, 4.69) is 41.1 Å². The molecule has 2 aromatic rings. The van der Waals surface area contributed by atoms with E-state index in [1.54, 1.807) is 10.9 Å². The van der Waals surface area contributed by atoms with Crippen molar-refractivity contribution in [2.75, 3.05) is 7.05 Å². The highest BCUT2D eigenvalue weighted by Crippen LogP contribution is 2.27. The fraction of sp³-hybridized carbons (Fsp3) is 0.429. The molecule has 0 aromatic carbocycles. The van der Waals surface area contributed by atoms with Crippen LogP contribution in [0.1, 0.15) is 16.6 Å². The topological polar surface area (TPSA) is 68.5 Å². The van der Waals surface area contributed by atoms with Crippen LogP contribution in [0.25, 0.3) is 0 Å². The summed E-state index contributed by atoms with van der Waals surface area (Å²) in [6.07, 6.45) is 1.74. The zero-order chi connectivity index (χ0) is 10.8. The predicted octanol–water partition coefficient (Wildman–Crippen LogP) is 0.738. The van der Waals surface area contributed by atoms with Gasteiger partial charge in [0.05, 0.1) is 22.8 Å². The average molecular weight is 289 g/mol. The molecule has 0 spiro atoms. The summed E-state index contributed by atoms with van der Waals surface area (Å²) in [5.74, 6) is 0. The Hall–Kier alpha value is -0.860. The molecule has 6 nitrogen and oxygen atoms in total. The van der Waals surface area contributed by atoms with Gasteiger partial charge in [-0.15, -0.1) is 10.2 Å². The first kappa shape index (κ1) is 10.7. The maximum Gasteiger partial charge on any atom is 0.153 e. The minimum Gasteiger partial charge on any atom is -0.307 e. The molecule has 1 N–H and O–H groups in total. The van der Waals surface area contributed by atoms with E-state index in [1.807, 2.05) is 14.1 Å². The highest BCUT2D eigenvalue weighted by atomic mass is 79.9. The van der Waals surface area contributed by atoms with Crippen LogP contribution in [0.2, 0.25) is 0 Å². The number of nitrogens with zero attached hydrogens (tertiary/aromatic N) is 5. The van der Waals surface area contributed by atoms with Crippen LogP contribution in [0.15, 0.2) is 10.8 Å². The van der Waals surface area contributed by atoms with E-state index in [0.29, 0.717) is 0 Å². The molecule has 0 aliphatic heterocycles. The van der Waals surface area contributed by atoms with Crippen LogP contribution < -0.4 is 5.32 Å². The van der Waals surface area contributed by atoms with Gasteiger partial charge in [0.25, 0.3) is 0 Å². The van der Waals surface area contributed by atoms with Crippen molar-refractivity contribution in [1.82, 2.24) is 29.9 Å². The molecule has 0 fully saturated rings. The lowest BCUT2D eigenvalue weighted by atomic mass is 10.2. The number of aromatic nitrogens is 5. The number of halogens is 1. The molecular formula is C7H9BrN6S. The summed E-state index contributed by atoms with van der Waals surface area (Å²) in [5.41, 5.74) is 0.962. The monoisotopic (exact) mass is 288 g/mol. The summed E-state index contributed by atoms with van der Waals surface area (Å²) in [5, 5.41) is 14.9. The summed E-state index contributed by atoms with van der Waals surface area (Å²) in [6.45, 7) is 0. The summed E-state index contributed by atoms with van der Waals surface area (Å²) in [6, 6.07) is 0.0133. The molecular weight excluding hydrogens is 280 g/mol. The molecule has 1 unspecified atom stereocenters. The fourth-order valence-electron chi connectivity index (χ4n) is 1.36. The summed E-state index contributed by atoms with van der Waals surface area (Å²) >= 11 is 4.73. The highest BCUT2D eigenvalue weighted by Gasteiger charge is 2.21. The molecule has 2 heterocycles. The van der Waals surface area contributed by atoms with Crippen LogP contribution in [0.4, 0.5) is 0 Å². The van der Waals surface area contributed by atoms with Gasteiger partial charge in [0, 0.05) is 7.05 Å². The largest absolute Gasteiger partial charge is 0.307 e. The van der Waals surface area contributed by atoms with Crippen molar-refractivity contribution in [1.29, 1.82) is 0 Å². The van der Waals surface area contributed by atoms with Crippen molar-refractivity contribution >= 4 is 27.5 Å². The van der Waals surface area contributed by atoms with E-state index in [1.165, 1.54) is 11.5 Å². The first-order chi connectivity index (χ1) is 7.24. The number of aryl methyl sites for hydroxylation is 1. The van der Waals surface area contributed by atoms with Crippen LogP contribution in [0, 0.1) is 0 Å². The Morgan fingerprint density at radius 2 is 2.40 bits per heavy atom. The van der Waals surface area contributed by atoms with Gasteiger partial charge in [0.15, 0.2) is 4.60 Å². The zero-order valence-electron chi connectivity index (χ0n) is 8.18. The van der Waals surface area contributed by atoms with Crippen molar-refractivity contribution in [3.63, 3.8) is 0 Å². The number of hydrogen-bond acceptors (Lipinski definition) is 6. The van der Waals surface area contributed by atoms with E-state index in [4.69, 9.17) is 0 Å². The van der Waals surface area contributed by atoms with E-state index in [-0.39, 0.29) is 6.04 Å². The van der Waals surface area contributed by atoms with Crippen LogP contribution in [-0.4, -0.2) is 31.6 Å². The van der Waals surface area contributed by atoms with Gasteiger partial charge < -0.3 is 5.32 Å². The van der Waals surface area contributed by atoms with Gasteiger partial charge in [-0.05, 0) is 34.5 Å². The minimum atomic E-state index is 0.0133. The molecule has 0 aliphatic carbocycles. The Kier molecular flexibility index (Phi) is 3.08. The van der Waals surface area contributed by atoms with E-state index in [9.17, 15) is 0 Å². The zero-order valence-corrected chi connectivity index (χ0v) is 10.6. The quantitative estimate of drug-likeness (QED) is 0.902. The first-order valence-corrected chi connectivity index (χ1v) is 5.80. The van der Waals surface area contributed by atoms with Crippen LogP contribution in [0.5, 0.6) is 0 Å². The SMILES string of the molecule is CNC(c1cnns1)c1c(Br)nnn1C. The molecule has 2 rings (SSSR count). The first-order valence-electron chi connectivity index (χ1n) is 4.23. The lowest BCUT2D eigenvalue weighted by Gasteiger charge is -2.13. The Morgan fingerprint density at radius 1 is 1.60 bits per heavy atom. The van der Waals surface area contributed by atoms with Gasteiger partial charge in [-0.25, -0.2) is 4.68 Å². The molecule has 0 radical (unpaired) electrons. The standard InChI is InChI=1S/C7H9BrN6S/c1-9-5(4-3-10-13-15-4)6-7(8)11-12-14(6)2/h3,5,9H,1-2H3. The lowest BCUT2D eigenvalue weighted by Crippen LogP contribution is -2.20. The van der Waals surface area contributed by atoms with Crippen molar-refractivity contribution in [3.8, 4) is 0 Å². The maximum atomic E-state index is 3.95. The average Bonchev–Trinajstić information content (AvgIpc) is 2.83. The van der Waals surface area contributed by atoms with Crippen LogP contribution in [0.3, 0.4) is 0 Å². The van der Waals surface area contributed by atoms with E-state index >= 15 is 0 Å². The van der Waals surface area contributed by atoms with Gasteiger partial charge >= 0.3 is 0 Å². The molecule has 80 valence electrons. The molecule has 15 heavy (non-hydrogen) atoms. The van der Waals surface area contributed by atoms with Gasteiger partial charge in [-0.2, -0.15) is 0 Å². The van der Waals surface area contributed by atoms with Gasteiger partial charge in [-0.3, -0.25) is 0 Å². The van der Waals surface area contributed by atoms with Crippen molar-refractivity contribution in [3.05, 3.63) is 21.4 Å². The Morgan fingerprint density at radius 3 is 2.87 bits per heavy atom. The predicted molar refractivity (Wildman–Crippen MR) is 59.5 cm³/mol. The van der Waals surface area contributed by atoms with Crippen molar-refractivity contribution in [2.24, 2.45) is 7.05 Å². The number of hydrogen-bond donors (Lipinski definition) is 1. The molecule has 0 bridgehead atoms. The number of rotatable bonds is 3.